The Morgan fingerprint density at radius 1 is 1.55 bits per heavy atom. The molecular weight excluding hydrogens is 258 g/mol. The largest absolute Gasteiger partial charge is 0.355 e. The summed E-state index contributed by atoms with van der Waals surface area (Å²) in [6, 6.07) is 1.69. The van der Waals surface area contributed by atoms with Crippen molar-refractivity contribution < 1.29 is 9.59 Å². The van der Waals surface area contributed by atoms with Crippen LogP contribution in [0.25, 0.3) is 0 Å². The van der Waals surface area contributed by atoms with Crippen LogP contribution >= 0.6 is 0 Å². The summed E-state index contributed by atoms with van der Waals surface area (Å²) in [6.45, 7) is 2.05. The number of hydrogen-bond donors (Lipinski definition) is 2. The lowest BCUT2D eigenvalue weighted by molar-refractivity contribution is -0.126. The molecule has 1 fully saturated rings. The number of nitrogens with one attached hydrogen (secondary N) is 1. The molecule has 0 spiro atoms. The van der Waals surface area contributed by atoms with Gasteiger partial charge >= 0.3 is 0 Å². The lowest BCUT2D eigenvalue weighted by Crippen LogP contribution is -2.46. The molecule has 1 aromatic rings. The predicted molar refractivity (Wildman–Crippen MR) is 73.9 cm³/mol. The summed E-state index contributed by atoms with van der Waals surface area (Å²) >= 11 is 0. The minimum absolute atomic E-state index is 0.0158. The molecule has 0 saturated carbocycles. The van der Waals surface area contributed by atoms with Gasteiger partial charge in [0, 0.05) is 39.4 Å². The Morgan fingerprint density at radius 2 is 2.35 bits per heavy atom. The van der Waals surface area contributed by atoms with Gasteiger partial charge in [-0.3, -0.25) is 14.3 Å². The normalized spacial score (nSPS) is 18.9. The molecule has 3 N–H and O–H groups in total. The first-order chi connectivity index (χ1) is 9.63. The van der Waals surface area contributed by atoms with Gasteiger partial charge in [0.15, 0.2) is 0 Å². The van der Waals surface area contributed by atoms with Gasteiger partial charge < -0.3 is 16.0 Å². The minimum atomic E-state index is -0.146. The van der Waals surface area contributed by atoms with Crippen LogP contribution in [0, 0.1) is 5.92 Å². The van der Waals surface area contributed by atoms with E-state index in [-0.39, 0.29) is 17.7 Å². The molecule has 0 aliphatic carbocycles. The topological polar surface area (TPSA) is 93.2 Å². The minimum Gasteiger partial charge on any atom is -0.355 e. The second-order valence-electron chi connectivity index (χ2n) is 5.01. The summed E-state index contributed by atoms with van der Waals surface area (Å²) in [5, 5.41) is 6.79. The van der Waals surface area contributed by atoms with Crippen molar-refractivity contribution in [1.82, 2.24) is 20.0 Å². The van der Waals surface area contributed by atoms with Gasteiger partial charge in [0.2, 0.25) is 5.91 Å². The van der Waals surface area contributed by atoms with E-state index in [4.69, 9.17) is 5.73 Å². The number of aryl methyl sites for hydroxylation is 1. The molecule has 2 amide bonds. The van der Waals surface area contributed by atoms with Crippen molar-refractivity contribution in [2.45, 2.75) is 12.8 Å². The van der Waals surface area contributed by atoms with Crippen LogP contribution in [0.1, 0.15) is 23.3 Å². The van der Waals surface area contributed by atoms with E-state index in [1.54, 1.807) is 28.9 Å². The third-order valence-electron chi connectivity index (χ3n) is 3.56. The SMILES string of the molecule is Cn1nccc1C(=O)N1CCCC(C(=O)NCCN)C1. The van der Waals surface area contributed by atoms with Crippen LogP contribution < -0.4 is 11.1 Å². The van der Waals surface area contributed by atoms with Gasteiger partial charge in [0.25, 0.3) is 5.91 Å². The molecule has 1 aliphatic heterocycles. The lowest BCUT2D eigenvalue weighted by Gasteiger charge is -2.32. The molecule has 1 atom stereocenters. The molecule has 7 nitrogen and oxygen atoms in total. The van der Waals surface area contributed by atoms with Gasteiger partial charge in [-0.1, -0.05) is 0 Å². The first-order valence-corrected chi connectivity index (χ1v) is 6.88. The van der Waals surface area contributed by atoms with Gasteiger partial charge in [-0.25, -0.2) is 0 Å². The molecule has 0 aromatic carbocycles. The van der Waals surface area contributed by atoms with Crippen molar-refractivity contribution >= 4 is 11.8 Å². The summed E-state index contributed by atoms with van der Waals surface area (Å²) in [6.07, 6.45) is 3.25. The summed E-state index contributed by atoms with van der Waals surface area (Å²) < 4.78 is 1.56. The highest BCUT2D eigenvalue weighted by Gasteiger charge is 2.29. The predicted octanol–water partition coefficient (Wildman–Crippen LogP) is -0.653. The second kappa shape index (κ2) is 6.51. The van der Waals surface area contributed by atoms with E-state index >= 15 is 0 Å². The molecular formula is C13H21N5O2. The average molecular weight is 279 g/mol. The number of carbonyl (C=O) groups excluding carboxylic acids is 2. The van der Waals surface area contributed by atoms with Gasteiger partial charge in [0.05, 0.1) is 5.92 Å². The zero-order valence-corrected chi connectivity index (χ0v) is 11.7. The van der Waals surface area contributed by atoms with Gasteiger partial charge in [-0.2, -0.15) is 5.10 Å². The summed E-state index contributed by atoms with van der Waals surface area (Å²) in [4.78, 5) is 26.1. The van der Waals surface area contributed by atoms with Crippen molar-refractivity contribution in [2.75, 3.05) is 26.2 Å². The molecule has 0 bridgehead atoms. The number of amides is 2. The Labute approximate surface area is 118 Å². The molecule has 1 unspecified atom stereocenters. The Bertz CT molecular complexity index is 485. The number of hydrogen-bond acceptors (Lipinski definition) is 4. The molecule has 110 valence electrons. The van der Waals surface area contributed by atoms with Crippen LogP contribution in [0.15, 0.2) is 12.3 Å². The van der Waals surface area contributed by atoms with E-state index < -0.39 is 0 Å². The first kappa shape index (κ1) is 14.5. The maximum Gasteiger partial charge on any atom is 0.272 e. The number of likely N-dealkylation sites (tertiary alicyclic amines) is 1. The molecule has 20 heavy (non-hydrogen) atoms. The zero-order valence-electron chi connectivity index (χ0n) is 11.7. The van der Waals surface area contributed by atoms with Gasteiger partial charge in [-0.05, 0) is 18.9 Å². The number of rotatable bonds is 4. The van der Waals surface area contributed by atoms with Crippen LogP contribution in [0.2, 0.25) is 0 Å². The van der Waals surface area contributed by atoms with E-state index in [1.807, 2.05) is 0 Å². The zero-order chi connectivity index (χ0) is 14.5. The number of nitrogens with zero attached hydrogens (tertiary/aromatic N) is 3. The van der Waals surface area contributed by atoms with Crippen molar-refractivity contribution in [3.8, 4) is 0 Å². The van der Waals surface area contributed by atoms with Gasteiger partial charge in [0.1, 0.15) is 5.69 Å². The summed E-state index contributed by atoms with van der Waals surface area (Å²) in [5.74, 6) is -0.230. The van der Waals surface area contributed by atoms with E-state index in [1.165, 1.54) is 0 Å². The summed E-state index contributed by atoms with van der Waals surface area (Å²) in [5.41, 5.74) is 5.92. The molecule has 7 heteroatoms. The second-order valence-corrected chi connectivity index (χ2v) is 5.01. The Morgan fingerprint density at radius 3 is 3.00 bits per heavy atom. The summed E-state index contributed by atoms with van der Waals surface area (Å²) in [7, 11) is 1.74. The molecule has 0 radical (unpaired) electrons. The van der Waals surface area contributed by atoms with E-state index in [9.17, 15) is 9.59 Å². The molecule has 2 heterocycles. The fourth-order valence-electron chi connectivity index (χ4n) is 2.46. The highest BCUT2D eigenvalue weighted by molar-refractivity contribution is 5.93. The number of nitrogens with two attached hydrogens (primary N) is 1. The number of aromatic nitrogens is 2. The first-order valence-electron chi connectivity index (χ1n) is 6.88. The van der Waals surface area contributed by atoms with Crippen LogP contribution in [0.4, 0.5) is 0 Å². The fourth-order valence-corrected chi connectivity index (χ4v) is 2.46. The van der Waals surface area contributed by atoms with Crippen LogP contribution in [-0.4, -0.2) is 52.7 Å². The lowest BCUT2D eigenvalue weighted by atomic mass is 9.97. The highest BCUT2D eigenvalue weighted by Crippen LogP contribution is 2.18. The van der Waals surface area contributed by atoms with E-state index in [0.29, 0.717) is 31.9 Å². The maximum absolute atomic E-state index is 12.4. The number of carbonyl (C=O) groups is 2. The molecule has 1 aliphatic rings. The number of piperidine rings is 1. The van der Waals surface area contributed by atoms with Gasteiger partial charge in [-0.15, -0.1) is 0 Å². The average Bonchev–Trinajstić information content (AvgIpc) is 2.90. The van der Waals surface area contributed by atoms with Crippen molar-refractivity contribution in [2.24, 2.45) is 18.7 Å². The molecule has 1 saturated heterocycles. The maximum atomic E-state index is 12.4. The van der Waals surface area contributed by atoms with Crippen LogP contribution in [-0.2, 0) is 11.8 Å². The highest BCUT2D eigenvalue weighted by atomic mass is 16.2. The Hall–Kier alpha value is -1.89. The van der Waals surface area contributed by atoms with Crippen molar-refractivity contribution in [1.29, 1.82) is 0 Å². The smallest absolute Gasteiger partial charge is 0.272 e. The van der Waals surface area contributed by atoms with Crippen molar-refractivity contribution in [3.63, 3.8) is 0 Å². The Balaban J connectivity index is 1.98. The van der Waals surface area contributed by atoms with E-state index in [2.05, 4.69) is 10.4 Å². The standard InChI is InChI=1S/C13H21N5O2/c1-17-11(4-6-16-17)13(20)18-8-2-3-10(9-18)12(19)15-7-5-14/h4,6,10H,2-3,5,7-9,14H2,1H3,(H,15,19). The van der Waals surface area contributed by atoms with Crippen molar-refractivity contribution in [3.05, 3.63) is 18.0 Å². The monoisotopic (exact) mass is 279 g/mol. The Kier molecular flexibility index (Phi) is 4.73. The van der Waals surface area contributed by atoms with E-state index in [0.717, 1.165) is 12.8 Å². The van der Waals surface area contributed by atoms with Crippen LogP contribution in [0.5, 0.6) is 0 Å². The third kappa shape index (κ3) is 3.16. The van der Waals surface area contributed by atoms with Crippen LogP contribution in [0.3, 0.4) is 0 Å². The third-order valence-corrected chi connectivity index (χ3v) is 3.56. The quantitative estimate of drug-likeness (QED) is 0.765. The molecule has 1 aromatic heterocycles. The fraction of sp³-hybridized carbons (Fsp3) is 0.615. The molecule has 2 rings (SSSR count).